The molecule has 2 heterocycles. The van der Waals surface area contributed by atoms with Crippen LogP contribution in [0.1, 0.15) is 33.4 Å². The minimum atomic E-state index is 0.185. The number of nitrogens with one attached hydrogen (secondary N) is 1. The average Bonchev–Trinajstić information content (AvgIpc) is 2.63. The van der Waals surface area contributed by atoms with Crippen LogP contribution in [0.4, 0.5) is 5.82 Å². The molecular weight excluding hydrogens is 214 g/mol. The smallest absolute Gasteiger partial charge is 0.254 e. The zero-order chi connectivity index (χ0) is 12.6. The van der Waals surface area contributed by atoms with Crippen LogP contribution in [-0.4, -0.2) is 25.6 Å². The van der Waals surface area contributed by atoms with E-state index in [4.69, 9.17) is 0 Å². The number of anilines is 1. The van der Waals surface area contributed by atoms with E-state index in [0.29, 0.717) is 11.8 Å². The summed E-state index contributed by atoms with van der Waals surface area (Å²) < 4.78 is 1.73. The Kier molecular flexibility index (Phi) is 2.77. The van der Waals surface area contributed by atoms with Gasteiger partial charge in [-0.1, -0.05) is 20.8 Å². The van der Waals surface area contributed by atoms with E-state index in [2.05, 4.69) is 48.1 Å². The molecule has 2 aromatic rings. The molecule has 17 heavy (non-hydrogen) atoms. The van der Waals surface area contributed by atoms with Gasteiger partial charge in [-0.15, -0.1) is 0 Å². The first-order chi connectivity index (χ1) is 7.88. The van der Waals surface area contributed by atoms with Gasteiger partial charge >= 0.3 is 0 Å². The molecule has 0 bridgehead atoms. The molecule has 0 radical (unpaired) electrons. The van der Waals surface area contributed by atoms with Crippen LogP contribution in [-0.2, 0) is 0 Å². The lowest BCUT2D eigenvalue weighted by Gasteiger charge is -2.29. The van der Waals surface area contributed by atoms with E-state index in [1.54, 1.807) is 4.52 Å². The number of nitrogens with zero attached hydrogens (tertiary/aromatic N) is 4. The molecule has 0 amide bonds. The highest BCUT2D eigenvalue weighted by atomic mass is 15.4. The minimum absolute atomic E-state index is 0.185. The summed E-state index contributed by atoms with van der Waals surface area (Å²) in [5.41, 5.74) is 1.12. The van der Waals surface area contributed by atoms with Crippen molar-refractivity contribution in [2.75, 3.05) is 5.32 Å². The van der Waals surface area contributed by atoms with Gasteiger partial charge in [0, 0.05) is 17.8 Å². The molecule has 0 aliphatic rings. The second-order valence-electron chi connectivity index (χ2n) is 5.49. The summed E-state index contributed by atoms with van der Waals surface area (Å²) in [6, 6.07) is 2.32. The quantitative estimate of drug-likeness (QED) is 0.864. The van der Waals surface area contributed by atoms with Gasteiger partial charge in [0.15, 0.2) is 0 Å². The second kappa shape index (κ2) is 3.98. The Labute approximate surface area is 101 Å². The summed E-state index contributed by atoms with van der Waals surface area (Å²) >= 11 is 0. The fourth-order valence-corrected chi connectivity index (χ4v) is 1.47. The maximum absolute atomic E-state index is 4.32. The van der Waals surface area contributed by atoms with Crippen LogP contribution in [0.25, 0.3) is 5.78 Å². The molecule has 0 aliphatic carbocycles. The predicted molar refractivity (Wildman–Crippen MR) is 68.1 cm³/mol. The van der Waals surface area contributed by atoms with Gasteiger partial charge in [-0.25, -0.2) is 4.98 Å². The zero-order valence-electron chi connectivity index (χ0n) is 11.0. The number of aromatic nitrogens is 4. The summed E-state index contributed by atoms with van der Waals surface area (Å²) in [6.07, 6.45) is 1.52. The third kappa shape index (κ3) is 2.38. The number of rotatable bonds is 2. The monoisotopic (exact) mass is 233 g/mol. The Hall–Kier alpha value is -1.65. The molecule has 92 valence electrons. The summed E-state index contributed by atoms with van der Waals surface area (Å²) in [6.45, 7) is 10.7. The normalized spacial score (nSPS) is 13.9. The molecule has 0 saturated heterocycles. The first-order valence-corrected chi connectivity index (χ1v) is 5.82. The van der Waals surface area contributed by atoms with E-state index in [9.17, 15) is 0 Å². The molecule has 0 aliphatic heterocycles. The summed E-state index contributed by atoms with van der Waals surface area (Å²) in [5, 5.41) is 7.65. The summed E-state index contributed by atoms with van der Waals surface area (Å²) in [4.78, 5) is 8.43. The van der Waals surface area contributed by atoms with Crippen LogP contribution in [0.2, 0.25) is 0 Å². The van der Waals surface area contributed by atoms with Crippen molar-refractivity contribution in [1.82, 2.24) is 19.6 Å². The Morgan fingerprint density at radius 2 is 2.06 bits per heavy atom. The fraction of sp³-hybridized carbons (Fsp3) is 0.583. The van der Waals surface area contributed by atoms with E-state index in [0.717, 1.165) is 11.5 Å². The molecule has 0 fully saturated rings. The molecule has 1 N–H and O–H groups in total. The first-order valence-electron chi connectivity index (χ1n) is 5.82. The summed E-state index contributed by atoms with van der Waals surface area (Å²) in [5.74, 6) is 1.57. The average molecular weight is 233 g/mol. The van der Waals surface area contributed by atoms with Crippen molar-refractivity contribution >= 4 is 11.6 Å². The van der Waals surface area contributed by atoms with Crippen LogP contribution >= 0.6 is 0 Å². The molecular formula is C12H19N5. The predicted octanol–water partition coefficient (Wildman–Crippen LogP) is 2.28. The van der Waals surface area contributed by atoms with Crippen LogP contribution in [0.5, 0.6) is 0 Å². The van der Waals surface area contributed by atoms with Crippen molar-refractivity contribution in [2.45, 2.75) is 40.7 Å². The van der Waals surface area contributed by atoms with Gasteiger partial charge in [-0.3, -0.25) is 0 Å². The first kappa shape index (κ1) is 11.8. The van der Waals surface area contributed by atoms with E-state index < -0.39 is 0 Å². The van der Waals surface area contributed by atoms with E-state index in [1.165, 1.54) is 6.33 Å². The topological polar surface area (TPSA) is 55.1 Å². The largest absolute Gasteiger partial charge is 0.367 e. The van der Waals surface area contributed by atoms with Gasteiger partial charge in [0.05, 0.1) is 0 Å². The Bertz CT molecular complexity index is 523. The standard InChI is InChI=1S/C12H19N5/c1-8-6-10(16-9(2)12(3,4)5)17-11(15-8)13-7-14-17/h6-7,9,16H,1-5H3. The highest BCUT2D eigenvalue weighted by Gasteiger charge is 2.20. The van der Waals surface area contributed by atoms with Crippen LogP contribution < -0.4 is 5.32 Å². The van der Waals surface area contributed by atoms with Crippen molar-refractivity contribution in [3.8, 4) is 0 Å². The Balaban J connectivity index is 2.38. The van der Waals surface area contributed by atoms with Gasteiger partial charge in [0.1, 0.15) is 12.1 Å². The van der Waals surface area contributed by atoms with Crippen LogP contribution in [0, 0.1) is 12.3 Å². The maximum Gasteiger partial charge on any atom is 0.254 e. The van der Waals surface area contributed by atoms with Crippen LogP contribution in [0.3, 0.4) is 0 Å². The van der Waals surface area contributed by atoms with Crippen molar-refractivity contribution < 1.29 is 0 Å². The second-order valence-corrected chi connectivity index (χ2v) is 5.49. The highest BCUT2D eigenvalue weighted by Crippen LogP contribution is 2.22. The Morgan fingerprint density at radius 1 is 1.35 bits per heavy atom. The summed E-state index contributed by atoms with van der Waals surface area (Å²) in [7, 11) is 0. The molecule has 5 nitrogen and oxygen atoms in total. The van der Waals surface area contributed by atoms with Crippen molar-refractivity contribution in [2.24, 2.45) is 5.41 Å². The van der Waals surface area contributed by atoms with Crippen molar-refractivity contribution in [3.63, 3.8) is 0 Å². The molecule has 2 rings (SSSR count). The molecule has 1 atom stereocenters. The Morgan fingerprint density at radius 3 is 2.71 bits per heavy atom. The molecule has 2 aromatic heterocycles. The van der Waals surface area contributed by atoms with Gasteiger partial charge < -0.3 is 5.32 Å². The van der Waals surface area contributed by atoms with Gasteiger partial charge in [0.2, 0.25) is 0 Å². The van der Waals surface area contributed by atoms with E-state index in [1.807, 2.05) is 13.0 Å². The van der Waals surface area contributed by atoms with E-state index >= 15 is 0 Å². The number of aryl methyl sites for hydroxylation is 1. The van der Waals surface area contributed by atoms with Crippen LogP contribution in [0.15, 0.2) is 12.4 Å². The lowest BCUT2D eigenvalue weighted by atomic mass is 9.88. The van der Waals surface area contributed by atoms with Gasteiger partial charge in [-0.2, -0.15) is 14.6 Å². The van der Waals surface area contributed by atoms with Crippen molar-refractivity contribution in [3.05, 3.63) is 18.1 Å². The van der Waals surface area contributed by atoms with Gasteiger partial charge in [-0.05, 0) is 19.3 Å². The third-order valence-electron chi connectivity index (χ3n) is 3.04. The fourth-order valence-electron chi connectivity index (χ4n) is 1.47. The molecule has 5 heteroatoms. The highest BCUT2D eigenvalue weighted by molar-refractivity contribution is 5.45. The maximum atomic E-state index is 4.32. The third-order valence-corrected chi connectivity index (χ3v) is 3.04. The zero-order valence-corrected chi connectivity index (χ0v) is 11.0. The molecule has 0 aromatic carbocycles. The number of hydrogen-bond acceptors (Lipinski definition) is 4. The lowest BCUT2D eigenvalue weighted by molar-refractivity contribution is 0.358. The SMILES string of the molecule is Cc1cc(NC(C)C(C)(C)C)n2ncnc2n1. The van der Waals surface area contributed by atoms with Gasteiger partial charge in [0.25, 0.3) is 5.78 Å². The van der Waals surface area contributed by atoms with Crippen molar-refractivity contribution in [1.29, 1.82) is 0 Å². The lowest BCUT2D eigenvalue weighted by Crippen LogP contribution is -2.31. The van der Waals surface area contributed by atoms with E-state index in [-0.39, 0.29) is 5.41 Å². The molecule has 0 saturated carbocycles. The minimum Gasteiger partial charge on any atom is -0.367 e. The molecule has 1 unspecified atom stereocenters. The molecule has 0 spiro atoms. The number of hydrogen-bond donors (Lipinski definition) is 1. The number of fused-ring (bicyclic) bond motifs is 1.